The van der Waals surface area contributed by atoms with Crippen LogP contribution in [0.2, 0.25) is 0 Å². The normalized spacial score (nSPS) is 10.5. The minimum Gasteiger partial charge on any atom is -0.450 e. The Hall–Kier alpha value is -1.99. The number of aliphatic hydroxyl groups is 1. The van der Waals surface area contributed by atoms with E-state index in [0.717, 1.165) is 12.1 Å². The van der Waals surface area contributed by atoms with E-state index < -0.39 is 10.7 Å². The number of hydrogen-bond acceptors (Lipinski definition) is 4. The monoisotopic (exact) mass is 355 g/mol. The van der Waals surface area contributed by atoms with E-state index in [1.807, 2.05) is 0 Å². The number of halogens is 2. The van der Waals surface area contributed by atoms with Crippen LogP contribution in [0.3, 0.4) is 0 Å². The molecule has 0 fully saturated rings. The molecule has 0 aromatic heterocycles. The molecule has 21 heavy (non-hydrogen) atoms. The van der Waals surface area contributed by atoms with Gasteiger partial charge in [0, 0.05) is 12.1 Å². The van der Waals surface area contributed by atoms with Gasteiger partial charge in [-0.25, -0.2) is 4.39 Å². The molecule has 0 bridgehead atoms. The van der Waals surface area contributed by atoms with Crippen molar-refractivity contribution in [2.24, 2.45) is 0 Å². The lowest BCUT2D eigenvalue weighted by Gasteiger charge is -2.10. The number of hydrogen-bond donors (Lipinski definition) is 1. The minimum absolute atomic E-state index is 0.00565. The van der Waals surface area contributed by atoms with Crippen LogP contribution in [0.25, 0.3) is 0 Å². The van der Waals surface area contributed by atoms with E-state index in [2.05, 4.69) is 15.9 Å². The van der Waals surface area contributed by atoms with Gasteiger partial charge in [-0.05, 0) is 40.0 Å². The van der Waals surface area contributed by atoms with Gasteiger partial charge in [0.05, 0.1) is 16.0 Å². The summed E-state index contributed by atoms with van der Waals surface area (Å²) < 4.78 is 19.0. The molecule has 0 aliphatic heterocycles. The molecule has 0 atom stereocenters. The van der Waals surface area contributed by atoms with E-state index in [0.29, 0.717) is 16.9 Å². The van der Waals surface area contributed by atoms with Gasteiger partial charge in [0.15, 0.2) is 0 Å². The smallest absolute Gasteiger partial charge is 0.312 e. The van der Waals surface area contributed by atoms with Crippen LogP contribution in [-0.4, -0.2) is 10.0 Å². The van der Waals surface area contributed by atoms with Crippen LogP contribution >= 0.6 is 15.9 Å². The number of aryl methyl sites for hydroxylation is 1. The number of rotatable bonds is 4. The molecule has 7 heteroatoms. The summed E-state index contributed by atoms with van der Waals surface area (Å²) in [6, 6.07) is 6.91. The SMILES string of the molecule is Cc1cc(CO)ccc1Oc1cc(F)c(Br)cc1[N+](=O)[O-]. The highest BCUT2D eigenvalue weighted by Crippen LogP contribution is 2.36. The van der Waals surface area contributed by atoms with Gasteiger partial charge >= 0.3 is 5.69 Å². The second kappa shape index (κ2) is 6.19. The highest BCUT2D eigenvalue weighted by atomic mass is 79.9. The summed E-state index contributed by atoms with van der Waals surface area (Å²) in [4.78, 5) is 10.4. The number of aliphatic hydroxyl groups excluding tert-OH is 1. The Morgan fingerprint density at radius 3 is 2.62 bits per heavy atom. The molecule has 0 amide bonds. The van der Waals surface area contributed by atoms with Crippen LogP contribution < -0.4 is 4.74 Å². The van der Waals surface area contributed by atoms with Crippen molar-refractivity contribution >= 4 is 21.6 Å². The van der Waals surface area contributed by atoms with Crippen molar-refractivity contribution < 1.29 is 19.2 Å². The van der Waals surface area contributed by atoms with Gasteiger partial charge in [-0.2, -0.15) is 0 Å². The first-order valence-electron chi connectivity index (χ1n) is 5.94. The fraction of sp³-hybridized carbons (Fsp3) is 0.143. The molecular weight excluding hydrogens is 345 g/mol. The second-order valence-corrected chi connectivity index (χ2v) is 5.21. The minimum atomic E-state index is -0.653. The molecule has 0 heterocycles. The largest absolute Gasteiger partial charge is 0.450 e. The molecular formula is C14H11BrFNO4. The molecule has 0 radical (unpaired) electrons. The van der Waals surface area contributed by atoms with Crippen LogP contribution in [0, 0.1) is 22.9 Å². The van der Waals surface area contributed by atoms with Crippen molar-refractivity contribution in [2.45, 2.75) is 13.5 Å². The third kappa shape index (κ3) is 3.37. The molecule has 0 saturated heterocycles. The first-order valence-corrected chi connectivity index (χ1v) is 6.73. The van der Waals surface area contributed by atoms with E-state index in [4.69, 9.17) is 9.84 Å². The fourth-order valence-electron chi connectivity index (χ4n) is 1.79. The maximum Gasteiger partial charge on any atom is 0.312 e. The third-order valence-electron chi connectivity index (χ3n) is 2.84. The van der Waals surface area contributed by atoms with Crippen LogP contribution in [0.15, 0.2) is 34.8 Å². The van der Waals surface area contributed by atoms with Crippen molar-refractivity contribution in [1.29, 1.82) is 0 Å². The maximum atomic E-state index is 13.6. The predicted octanol–water partition coefficient (Wildman–Crippen LogP) is 4.09. The van der Waals surface area contributed by atoms with Crippen molar-refractivity contribution in [1.82, 2.24) is 0 Å². The Balaban J connectivity index is 2.43. The lowest BCUT2D eigenvalue weighted by Crippen LogP contribution is -1.97. The molecule has 0 aliphatic carbocycles. The van der Waals surface area contributed by atoms with Gasteiger partial charge < -0.3 is 9.84 Å². The third-order valence-corrected chi connectivity index (χ3v) is 3.45. The lowest BCUT2D eigenvalue weighted by atomic mass is 10.1. The first-order chi connectivity index (χ1) is 9.92. The highest BCUT2D eigenvalue weighted by molar-refractivity contribution is 9.10. The molecule has 0 saturated carbocycles. The molecule has 0 unspecified atom stereocenters. The molecule has 2 aromatic carbocycles. The Bertz CT molecular complexity index is 706. The van der Waals surface area contributed by atoms with Gasteiger partial charge in [-0.1, -0.05) is 12.1 Å². The average molecular weight is 356 g/mol. The Kier molecular flexibility index (Phi) is 4.54. The number of nitro groups is 1. The molecule has 110 valence electrons. The molecule has 2 aromatic rings. The molecule has 1 N–H and O–H groups in total. The maximum absolute atomic E-state index is 13.6. The summed E-state index contributed by atoms with van der Waals surface area (Å²) in [6.45, 7) is 1.61. The van der Waals surface area contributed by atoms with E-state index in [9.17, 15) is 14.5 Å². The molecule has 0 spiro atoms. The summed E-state index contributed by atoms with van der Waals surface area (Å²) in [5, 5.41) is 20.1. The Morgan fingerprint density at radius 2 is 2.05 bits per heavy atom. The molecule has 0 aliphatic rings. The van der Waals surface area contributed by atoms with Crippen molar-refractivity contribution in [3.8, 4) is 11.5 Å². The zero-order valence-corrected chi connectivity index (χ0v) is 12.6. The van der Waals surface area contributed by atoms with Gasteiger partial charge in [-0.15, -0.1) is 0 Å². The summed E-state index contributed by atoms with van der Waals surface area (Å²) in [6.07, 6.45) is 0. The van der Waals surface area contributed by atoms with Crippen molar-refractivity contribution in [3.05, 3.63) is 61.9 Å². The van der Waals surface area contributed by atoms with E-state index in [1.165, 1.54) is 0 Å². The summed E-state index contributed by atoms with van der Waals surface area (Å²) in [5.41, 5.74) is 1.03. The van der Waals surface area contributed by atoms with Gasteiger partial charge in [0.1, 0.15) is 11.6 Å². The van der Waals surface area contributed by atoms with Gasteiger partial charge in [-0.3, -0.25) is 10.1 Å². The molecule has 5 nitrogen and oxygen atoms in total. The van der Waals surface area contributed by atoms with Gasteiger partial charge in [0.2, 0.25) is 5.75 Å². The van der Waals surface area contributed by atoms with Crippen LogP contribution in [0.5, 0.6) is 11.5 Å². The van der Waals surface area contributed by atoms with Crippen molar-refractivity contribution in [2.75, 3.05) is 0 Å². The van der Waals surface area contributed by atoms with E-state index >= 15 is 0 Å². The van der Waals surface area contributed by atoms with Crippen molar-refractivity contribution in [3.63, 3.8) is 0 Å². The fourth-order valence-corrected chi connectivity index (χ4v) is 2.12. The zero-order chi connectivity index (χ0) is 15.6. The number of ether oxygens (including phenoxy) is 1. The lowest BCUT2D eigenvalue weighted by molar-refractivity contribution is -0.385. The van der Waals surface area contributed by atoms with E-state index in [1.54, 1.807) is 25.1 Å². The van der Waals surface area contributed by atoms with Crippen LogP contribution in [-0.2, 0) is 6.61 Å². The first kappa shape index (κ1) is 15.4. The van der Waals surface area contributed by atoms with E-state index in [-0.39, 0.29) is 22.5 Å². The number of benzene rings is 2. The molecule has 2 rings (SSSR count). The van der Waals surface area contributed by atoms with Crippen LogP contribution in [0.1, 0.15) is 11.1 Å². The quantitative estimate of drug-likeness (QED) is 0.662. The summed E-state index contributed by atoms with van der Waals surface area (Å²) >= 11 is 2.90. The highest BCUT2D eigenvalue weighted by Gasteiger charge is 2.20. The number of nitro benzene ring substituents is 1. The Morgan fingerprint density at radius 1 is 1.33 bits per heavy atom. The Labute approximate surface area is 128 Å². The zero-order valence-electron chi connectivity index (χ0n) is 11.0. The summed E-state index contributed by atoms with van der Waals surface area (Å²) in [5.74, 6) is -0.474. The average Bonchev–Trinajstić information content (AvgIpc) is 2.44. The number of nitrogens with zero attached hydrogens (tertiary/aromatic N) is 1. The summed E-state index contributed by atoms with van der Waals surface area (Å²) in [7, 11) is 0. The predicted molar refractivity (Wildman–Crippen MR) is 77.9 cm³/mol. The van der Waals surface area contributed by atoms with Gasteiger partial charge in [0.25, 0.3) is 0 Å². The van der Waals surface area contributed by atoms with Crippen LogP contribution in [0.4, 0.5) is 10.1 Å². The topological polar surface area (TPSA) is 72.6 Å². The second-order valence-electron chi connectivity index (χ2n) is 4.35. The standard InChI is InChI=1S/C14H11BrFNO4/c1-8-4-9(7-18)2-3-13(8)21-14-6-11(16)10(15)5-12(14)17(19)20/h2-6,18H,7H2,1H3.